The Kier molecular flexibility index (Phi) is 2.62. The van der Waals surface area contributed by atoms with Crippen LogP contribution >= 0.6 is 0 Å². The molecule has 1 aliphatic heterocycles. The Bertz CT molecular complexity index is 445. The summed E-state index contributed by atoms with van der Waals surface area (Å²) in [5.74, 6) is -0.792. The van der Waals surface area contributed by atoms with E-state index in [1.807, 2.05) is 12.1 Å². The van der Waals surface area contributed by atoms with Crippen molar-refractivity contribution < 1.29 is 14.8 Å². The van der Waals surface area contributed by atoms with Crippen molar-refractivity contribution in [2.45, 2.75) is 19.4 Å². The summed E-state index contributed by atoms with van der Waals surface area (Å²) in [5.41, 5.74) is 1.32. The molecule has 0 bridgehead atoms. The summed E-state index contributed by atoms with van der Waals surface area (Å²) in [7, 11) is 0. The molecule has 0 aromatic heterocycles. The maximum atomic E-state index is 11.7. The lowest BCUT2D eigenvalue weighted by Crippen LogP contribution is -2.51. The Morgan fingerprint density at radius 3 is 2.88 bits per heavy atom. The second-order valence-corrected chi connectivity index (χ2v) is 3.74. The van der Waals surface area contributed by atoms with E-state index in [1.54, 1.807) is 12.1 Å². The van der Waals surface area contributed by atoms with Gasteiger partial charge in [0.05, 0.1) is 5.69 Å². The zero-order valence-electron chi connectivity index (χ0n) is 8.80. The molecule has 0 radical (unpaired) electrons. The summed E-state index contributed by atoms with van der Waals surface area (Å²) in [5, 5.41) is 12.8. The highest BCUT2D eigenvalue weighted by Gasteiger charge is 2.32. The van der Waals surface area contributed by atoms with Crippen molar-refractivity contribution in [1.82, 2.24) is 5.32 Å². The molecule has 5 nitrogen and oxygen atoms in total. The van der Waals surface area contributed by atoms with E-state index in [-0.39, 0.29) is 5.91 Å². The molecule has 1 unspecified atom stereocenters. The number of hydrogen-bond acceptors (Lipinski definition) is 3. The minimum Gasteiger partial charge on any atom is -0.344 e. The summed E-state index contributed by atoms with van der Waals surface area (Å²) in [6.45, 7) is 1.34. The smallest absolute Gasteiger partial charge is 0.273 e. The zero-order valence-corrected chi connectivity index (χ0v) is 8.80. The van der Waals surface area contributed by atoms with E-state index in [4.69, 9.17) is 0 Å². The molecule has 0 spiro atoms. The van der Waals surface area contributed by atoms with Crippen molar-refractivity contribution in [2.75, 3.05) is 5.06 Å². The van der Waals surface area contributed by atoms with Gasteiger partial charge in [0, 0.05) is 13.3 Å². The second kappa shape index (κ2) is 3.94. The van der Waals surface area contributed by atoms with Crippen LogP contribution in [0, 0.1) is 0 Å². The maximum Gasteiger partial charge on any atom is 0.273 e. The van der Waals surface area contributed by atoms with E-state index in [1.165, 1.54) is 6.92 Å². The first-order valence-electron chi connectivity index (χ1n) is 4.97. The van der Waals surface area contributed by atoms with Crippen molar-refractivity contribution in [1.29, 1.82) is 0 Å². The van der Waals surface area contributed by atoms with Crippen molar-refractivity contribution in [3.8, 4) is 0 Å². The highest BCUT2D eigenvalue weighted by molar-refractivity contribution is 5.99. The van der Waals surface area contributed by atoms with Gasteiger partial charge in [-0.1, -0.05) is 18.2 Å². The number of carbonyl (C=O) groups is 2. The first-order chi connectivity index (χ1) is 7.59. The van der Waals surface area contributed by atoms with E-state index in [2.05, 4.69) is 5.32 Å². The predicted molar refractivity (Wildman–Crippen MR) is 57.0 cm³/mol. The number of hydrogen-bond donors (Lipinski definition) is 2. The quantitative estimate of drug-likeness (QED) is 0.676. The van der Waals surface area contributed by atoms with Crippen LogP contribution in [0.15, 0.2) is 24.3 Å². The van der Waals surface area contributed by atoms with Crippen molar-refractivity contribution >= 4 is 17.5 Å². The first-order valence-corrected chi connectivity index (χ1v) is 4.97. The number of carbonyl (C=O) groups excluding carboxylic acids is 2. The molecule has 2 N–H and O–H groups in total. The summed E-state index contributed by atoms with van der Waals surface area (Å²) in [4.78, 5) is 22.6. The third-order valence-electron chi connectivity index (χ3n) is 2.53. The number of benzene rings is 1. The molecule has 2 amide bonds. The number of anilines is 1. The van der Waals surface area contributed by atoms with Gasteiger partial charge in [0.15, 0.2) is 0 Å². The number of hydroxylamine groups is 1. The monoisotopic (exact) mass is 220 g/mol. The molecular formula is C11H12N2O3. The highest BCUT2D eigenvalue weighted by Crippen LogP contribution is 2.25. The third kappa shape index (κ3) is 1.77. The van der Waals surface area contributed by atoms with Crippen LogP contribution in [0.5, 0.6) is 0 Å². The van der Waals surface area contributed by atoms with E-state index in [0.29, 0.717) is 17.2 Å². The molecular weight excluding hydrogens is 208 g/mol. The Labute approximate surface area is 92.6 Å². The molecule has 0 fully saturated rings. The standard InChI is InChI=1S/C11H12N2O3/c1-7(14)12-9-6-8-4-2-3-5-10(8)13(16)11(9)15/h2-5,9,16H,6H2,1H3,(H,12,14). The summed E-state index contributed by atoms with van der Waals surface area (Å²) < 4.78 is 0. The fourth-order valence-electron chi connectivity index (χ4n) is 1.82. The van der Waals surface area contributed by atoms with E-state index in [9.17, 15) is 14.8 Å². The molecule has 1 atom stereocenters. The van der Waals surface area contributed by atoms with Gasteiger partial charge >= 0.3 is 0 Å². The molecule has 0 aliphatic carbocycles. The number of nitrogens with one attached hydrogen (secondary N) is 1. The minimum atomic E-state index is -0.683. The Morgan fingerprint density at radius 1 is 1.50 bits per heavy atom. The third-order valence-corrected chi connectivity index (χ3v) is 2.53. The van der Waals surface area contributed by atoms with Gasteiger partial charge in [0.25, 0.3) is 5.91 Å². The maximum absolute atomic E-state index is 11.7. The van der Waals surface area contributed by atoms with Gasteiger partial charge in [-0.15, -0.1) is 0 Å². The number of amides is 2. The SMILES string of the molecule is CC(=O)NC1Cc2ccccc2N(O)C1=O. The molecule has 1 aromatic carbocycles. The van der Waals surface area contributed by atoms with Gasteiger partial charge in [-0.3, -0.25) is 14.8 Å². The van der Waals surface area contributed by atoms with Gasteiger partial charge in [0.2, 0.25) is 5.91 Å². The normalized spacial score (nSPS) is 19.2. The predicted octanol–water partition coefficient (Wildman–Crippen LogP) is 0.470. The number of fused-ring (bicyclic) bond motifs is 1. The fraction of sp³-hybridized carbons (Fsp3) is 0.273. The lowest BCUT2D eigenvalue weighted by Gasteiger charge is -2.29. The van der Waals surface area contributed by atoms with Gasteiger partial charge in [-0.05, 0) is 11.6 Å². The van der Waals surface area contributed by atoms with E-state index < -0.39 is 11.9 Å². The molecule has 16 heavy (non-hydrogen) atoms. The van der Waals surface area contributed by atoms with E-state index in [0.717, 1.165) is 5.56 Å². The van der Waals surface area contributed by atoms with Gasteiger partial charge in [-0.25, -0.2) is 0 Å². The summed E-state index contributed by atoms with van der Waals surface area (Å²) >= 11 is 0. The van der Waals surface area contributed by atoms with Gasteiger partial charge < -0.3 is 5.32 Å². The summed E-state index contributed by atoms with van der Waals surface area (Å²) in [6, 6.07) is 6.37. The largest absolute Gasteiger partial charge is 0.344 e. The molecule has 1 heterocycles. The van der Waals surface area contributed by atoms with Gasteiger partial charge in [0.1, 0.15) is 6.04 Å². The van der Waals surface area contributed by atoms with Gasteiger partial charge in [-0.2, -0.15) is 5.06 Å². The second-order valence-electron chi connectivity index (χ2n) is 3.74. The molecule has 0 saturated carbocycles. The van der Waals surface area contributed by atoms with E-state index >= 15 is 0 Å². The molecule has 5 heteroatoms. The number of rotatable bonds is 1. The van der Waals surface area contributed by atoms with Crippen LogP contribution in [-0.4, -0.2) is 23.1 Å². The molecule has 2 rings (SSSR count). The van der Waals surface area contributed by atoms with Crippen LogP contribution in [0.3, 0.4) is 0 Å². The van der Waals surface area contributed by atoms with Crippen LogP contribution in [0.25, 0.3) is 0 Å². The van der Waals surface area contributed by atoms with Crippen LogP contribution in [0.2, 0.25) is 0 Å². The number of nitrogens with zero attached hydrogens (tertiary/aromatic N) is 1. The average molecular weight is 220 g/mol. The average Bonchev–Trinajstić information content (AvgIpc) is 2.25. The van der Waals surface area contributed by atoms with Crippen LogP contribution in [0.1, 0.15) is 12.5 Å². The Balaban J connectivity index is 2.32. The molecule has 1 aromatic rings. The lowest BCUT2D eigenvalue weighted by atomic mass is 9.99. The fourth-order valence-corrected chi connectivity index (χ4v) is 1.82. The van der Waals surface area contributed by atoms with Crippen LogP contribution in [-0.2, 0) is 16.0 Å². The molecule has 84 valence electrons. The topological polar surface area (TPSA) is 69.6 Å². The molecule has 1 aliphatic rings. The van der Waals surface area contributed by atoms with Crippen molar-refractivity contribution in [3.63, 3.8) is 0 Å². The van der Waals surface area contributed by atoms with Crippen LogP contribution in [0.4, 0.5) is 5.69 Å². The van der Waals surface area contributed by atoms with Crippen molar-refractivity contribution in [3.05, 3.63) is 29.8 Å². The Hall–Kier alpha value is -1.88. The highest BCUT2D eigenvalue weighted by atomic mass is 16.5. The minimum absolute atomic E-state index is 0.286. The first kappa shape index (κ1) is 10.6. The lowest BCUT2D eigenvalue weighted by molar-refractivity contribution is -0.130. The number of para-hydroxylation sites is 1. The molecule has 0 saturated heterocycles. The zero-order chi connectivity index (χ0) is 11.7. The van der Waals surface area contributed by atoms with Crippen LogP contribution < -0.4 is 10.4 Å². The van der Waals surface area contributed by atoms with Crippen molar-refractivity contribution in [2.24, 2.45) is 0 Å². The summed E-state index contributed by atoms with van der Waals surface area (Å²) in [6.07, 6.45) is 0.408. The Morgan fingerprint density at radius 2 is 2.19 bits per heavy atom.